The van der Waals surface area contributed by atoms with Gasteiger partial charge in [0.1, 0.15) is 11.2 Å². The normalized spacial score (nSPS) is 16.5. The number of para-hydroxylation sites is 4. The number of hydrogen-bond acceptors (Lipinski definition) is 2. The van der Waals surface area contributed by atoms with E-state index in [1.165, 1.54) is 116 Å². The van der Waals surface area contributed by atoms with Gasteiger partial charge in [0.25, 0.3) is 0 Å². The maximum atomic E-state index is 6.43. The maximum Gasteiger partial charge on any atom is 0.136 e. The Kier molecular flexibility index (Phi) is 8.39. The molecule has 4 aliphatic rings. The summed E-state index contributed by atoms with van der Waals surface area (Å²) < 4.78 is 8.96. The van der Waals surface area contributed by atoms with Crippen LogP contribution in [0.25, 0.3) is 105 Å². The predicted molar refractivity (Wildman–Crippen MR) is 333 cm³/mol. The van der Waals surface area contributed by atoms with E-state index < -0.39 is 10.8 Å². The van der Waals surface area contributed by atoms with Crippen molar-refractivity contribution in [3.05, 3.63) is 324 Å². The van der Waals surface area contributed by atoms with E-state index in [0.29, 0.717) is 0 Å². The Bertz CT molecular complexity index is 5270. The quantitative estimate of drug-likeness (QED) is 0.175. The minimum Gasteiger partial charge on any atom is -0.456 e. The fraction of sp³-hybridized carbons (Fsp3) is 0.0256. The highest BCUT2D eigenvalue weighted by molar-refractivity contribution is 6.13. The summed E-state index contributed by atoms with van der Waals surface area (Å²) in [5.74, 6) is 0. The van der Waals surface area contributed by atoms with Crippen LogP contribution < -0.4 is 4.90 Å². The molecule has 13 aromatic carbocycles. The summed E-state index contributed by atoms with van der Waals surface area (Å²) in [6, 6.07) is 105. The van der Waals surface area contributed by atoms with Crippen molar-refractivity contribution in [2.24, 2.45) is 0 Å². The zero-order valence-corrected chi connectivity index (χ0v) is 43.9. The Balaban J connectivity index is 0.869. The number of rotatable bonds is 4. The van der Waals surface area contributed by atoms with E-state index >= 15 is 0 Å². The monoisotopic (exact) mass is 1030 g/mol. The van der Waals surface area contributed by atoms with Gasteiger partial charge in [0.15, 0.2) is 0 Å². The van der Waals surface area contributed by atoms with Crippen molar-refractivity contribution >= 4 is 71.6 Å². The SMILES string of the molecule is c1ccc2c(c1)-c1ccc(N(c3ccc(-c4ccc5c(c4)oc4ccccc45)cc3)c3ccc4c(c3)C3(c5ccccc5-4)c4ccccc4-n4c5ccccc5c5cccc3c54)cc1C21c2ccccc2-c2c1ccc1ccccc21. The zero-order chi connectivity index (χ0) is 52.7. The van der Waals surface area contributed by atoms with Gasteiger partial charge in [0.05, 0.1) is 27.6 Å². The molecular formula is C78H46N2O. The first-order chi connectivity index (χ1) is 40.2. The minimum absolute atomic E-state index is 0.546. The number of nitrogens with zero attached hydrogens (tertiary/aromatic N) is 2. The zero-order valence-electron chi connectivity index (χ0n) is 43.9. The maximum absolute atomic E-state index is 6.43. The Hall–Kier alpha value is -10.5. The fourth-order valence-electron chi connectivity index (χ4n) is 15.9. The largest absolute Gasteiger partial charge is 0.456 e. The number of anilines is 3. The summed E-state index contributed by atoms with van der Waals surface area (Å²) in [6.07, 6.45) is 0. The average Bonchev–Trinajstić information content (AvgIpc) is 4.12. The molecule has 2 atom stereocenters. The molecule has 1 aliphatic heterocycles. The van der Waals surface area contributed by atoms with E-state index in [0.717, 1.165) is 50.1 Å². The van der Waals surface area contributed by atoms with Crippen LogP contribution in [0.1, 0.15) is 44.5 Å². The van der Waals surface area contributed by atoms with Crippen molar-refractivity contribution in [3.8, 4) is 50.2 Å². The van der Waals surface area contributed by atoms with Crippen LogP contribution in [0, 0.1) is 0 Å². The molecule has 2 unspecified atom stereocenters. The van der Waals surface area contributed by atoms with Crippen LogP contribution in [0.2, 0.25) is 0 Å². The third kappa shape index (κ3) is 5.39. The van der Waals surface area contributed by atoms with Gasteiger partial charge in [-0.25, -0.2) is 0 Å². The van der Waals surface area contributed by atoms with Gasteiger partial charge in [0.2, 0.25) is 0 Å². The first-order valence-electron chi connectivity index (χ1n) is 28.2. The third-order valence-electron chi connectivity index (χ3n) is 19.0. The first kappa shape index (κ1) is 43.5. The molecule has 0 saturated heterocycles. The standard InChI is InChI=1S/C78H46N2O/c1-2-17-53-48(16-1)35-43-67-75(53)62-22-5-10-26-65(62)77(67)63-24-8-3-18-54(63)56-41-38-51(45-69(56)77)79(50-36-32-47(33-37-50)49-34-40-60-59-21-7-14-31-73(59)81-74(60)44-49)52-39-42-57-55-19-4-9-25-64(55)78(70(57)46-52)66-27-11-13-30-72(66)80-71-29-12-6-20-58(71)61-23-15-28-68(78)76(61)80/h1-46H. The Morgan fingerprint density at radius 1 is 0.296 bits per heavy atom. The molecule has 19 rings (SSSR count). The second-order valence-corrected chi connectivity index (χ2v) is 22.6. The van der Waals surface area contributed by atoms with Crippen LogP contribution in [0.5, 0.6) is 0 Å². The molecular weight excluding hydrogens is 981 g/mol. The van der Waals surface area contributed by atoms with Crippen molar-refractivity contribution in [1.29, 1.82) is 0 Å². The van der Waals surface area contributed by atoms with E-state index in [1.807, 2.05) is 6.07 Å². The molecule has 3 heterocycles. The van der Waals surface area contributed by atoms with Crippen LogP contribution in [0.3, 0.4) is 0 Å². The number of furan rings is 1. The van der Waals surface area contributed by atoms with Gasteiger partial charge in [-0.3, -0.25) is 0 Å². The van der Waals surface area contributed by atoms with Gasteiger partial charge >= 0.3 is 0 Å². The molecule has 0 fully saturated rings. The van der Waals surface area contributed by atoms with Gasteiger partial charge < -0.3 is 13.9 Å². The first-order valence-corrected chi connectivity index (χ1v) is 28.2. The van der Waals surface area contributed by atoms with Crippen molar-refractivity contribution in [3.63, 3.8) is 0 Å². The lowest BCUT2D eigenvalue weighted by molar-refractivity contribution is 0.669. The molecule has 374 valence electrons. The summed E-state index contributed by atoms with van der Waals surface area (Å²) in [5.41, 5.74) is 28.1. The number of hydrogen-bond donors (Lipinski definition) is 0. The molecule has 0 amide bonds. The van der Waals surface area contributed by atoms with Crippen LogP contribution in [0.4, 0.5) is 17.1 Å². The molecule has 3 heteroatoms. The lowest BCUT2D eigenvalue weighted by Gasteiger charge is -2.40. The highest BCUT2D eigenvalue weighted by Crippen LogP contribution is 2.66. The Morgan fingerprint density at radius 2 is 0.827 bits per heavy atom. The van der Waals surface area contributed by atoms with Crippen molar-refractivity contribution in [2.75, 3.05) is 4.90 Å². The fourth-order valence-corrected chi connectivity index (χ4v) is 15.9. The third-order valence-corrected chi connectivity index (χ3v) is 19.0. The molecule has 3 aliphatic carbocycles. The highest BCUT2D eigenvalue weighted by Gasteiger charge is 2.53. The molecule has 0 N–H and O–H groups in total. The van der Waals surface area contributed by atoms with Gasteiger partial charge in [-0.05, 0) is 167 Å². The van der Waals surface area contributed by atoms with E-state index in [-0.39, 0.29) is 0 Å². The van der Waals surface area contributed by atoms with Crippen LogP contribution in [0.15, 0.2) is 283 Å². The van der Waals surface area contributed by atoms with E-state index in [1.54, 1.807) is 0 Å². The van der Waals surface area contributed by atoms with Crippen molar-refractivity contribution in [1.82, 2.24) is 4.57 Å². The smallest absolute Gasteiger partial charge is 0.136 e. The molecule has 0 bridgehead atoms. The average molecular weight is 1030 g/mol. The summed E-state index contributed by atoms with van der Waals surface area (Å²) in [6.45, 7) is 0. The predicted octanol–water partition coefficient (Wildman–Crippen LogP) is 20.0. The molecule has 3 nitrogen and oxygen atoms in total. The second kappa shape index (κ2) is 15.6. The van der Waals surface area contributed by atoms with Crippen LogP contribution in [-0.2, 0) is 10.8 Å². The van der Waals surface area contributed by atoms with E-state index in [4.69, 9.17) is 4.42 Å². The molecule has 2 aromatic heterocycles. The molecule has 2 spiro atoms. The molecule has 0 radical (unpaired) electrons. The van der Waals surface area contributed by atoms with E-state index in [9.17, 15) is 0 Å². The molecule has 15 aromatic rings. The summed E-state index contributed by atoms with van der Waals surface area (Å²) in [7, 11) is 0. The topological polar surface area (TPSA) is 21.3 Å². The summed E-state index contributed by atoms with van der Waals surface area (Å²) in [5, 5.41) is 7.35. The lowest BCUT2D eigenvalue weighted by Crippen LogP contribution is -2.33. The minimum atomic E-state index is -0.614. The molecule has 81 heavy (non-hydrogen) atoms. The van der Waals surface area contributed by atoms with E-state index in [2.05, 4.69) is 282 Å². The van der Waals surface area contributed by atoms with Gasteiger partial charge in [-0.15, -0.1) is 0 Å². The Morgan fingerprint density at radius 3 is 1.58 bits per heavy atom. The summed E-state index contributed by atoms with van der Waals surface area (Å²) >= 11 is 0. The number of benzene rings is 13. The van der Waals surface area contributed by atoms with Crippen LogP contribution in [-0.4, -0.2) is 4.57 Å². The highest BCUT2D eigenvalue weighted by atomic mass is 16.3. The number of aromatic nitrogens is 1. The van der Waals surface area contributed by atoms with Crippen molar-refractivity contribution < 1.29 is 4.42 Å². The molecule has 0 saturated carbocycles. The number of fused-ring (bicyclic) bond motifs is 27. The second-order valence-electron chi connectivity index (χ2n) is 22.6. The van der Waals surface area contributed by atoms with Gasteiger partial charge in [0, 0.05) is 38.6 Å². The van der Waals surface area contributed by atoms with Gasteiger partial charge in [-0.1, -0.05) is 212 Å². The lowest BCUT2D eigenvalue weighted by atomic mass is 9.65. The summed E-state index contributed by atoms with van der Waals surface area (Å²) in [4.78, 5) is 2.52. The Labute approximate surface area is 467 Å². The van der Waals surface area contributed by atoms with Gasteiger partial charge in [-0.2, -0.15) is 0 Å². The van der Waals surface area contributed by atoms with Crippen molar-refractivity contribution in [2.45, 2.75) is 10.8 Å². The van der Waals surface area contributed by atoms with Crippen LogP contribution >= 0.6 is 0 Å².